The van der Waals surface area contributed by atoms with E-state index in [2.05, 4.69) is 10.2 Å². The molecule has 1 aliphatic heterocycles. The standard InChI is InChI=1S/C23H26FN5OS/c1-28-12-4-5-15(13-28)22(30)27-21(25)20-19(14-8-10-16(24)11-9-14)26-23-29(20)17-6-2-3-7-18(17)31-23/h8-11,15H,2-7,12-13H2,1H3,(H2,25,27,30). The first kappa shape index (κ1) is 20.3. The lowest BCUT2D eigenvalue weighted by atomic mass is 9.97. The highest BCUT2D eigenvalue weighted by Gasteiger charge is 2.29. The minimum atomic E-state index is -0.312. The molecule has 8 heteroatoms. The first-order valence-corrected chi connectivity index (χ1v) is 11.7. The van der Waals surface area contributed by atoms with Crippen molar-refractivity contribution in [1.29, 1.82) is 5.41 Å². The number of carbonyl (C=O) groups excluding carboxylic acids is 1. The summed E-state index contributed by atoms with van der Waals surface area (Å²) in [5.74, 6) is -0.474. The van der Waals surface area contributed by atoms with Crippen LogP contribution in [0.5, 0.6) is 0 Å². The van der Waals surface area contributed by atoms with Crippen molar-refractivity contribution < 1.29 is 9.18 Å². The third-order valence-corrected chi connectivity index (χ3v) is 7.46. The number of halogens is 1. The predicted molar refractivity (Wildman–Crippen MR) is 120 cm³/mol. The number of hydrogen-bond donors (Lipinski definition) is 2. The van der Waals surface area contributed by atoms with Crippen LogP contribution in [0.15, 0.2) is 24.3 Å². The third-order valence-electron chi connectivity index (χ3n) is 6.32. The van der Waals surface area contributed by atoms with Crippen LogP contribution in [0.1, 0.15) is 41.9 Å². The number of hydrogen-bond acceptors (Lipinski definition) is 5. The number of benzene rings is 1. The zero-order valence-electron chi connectivity index (χ0n) is 17.6. The van der Waals surface area contributed by atoms with Gasteiger partial charge < -0.3 is 10.2 Å². The Morgan fingerprint density at radius 2 is 2.00 bits per heavy atom. The monoisotopic (exact) mass is 439 g/mol. The molecule has 162 valence electrons. The molecule has 0 saturated carbocycles. The van der Waals surface area contributed by atoms with Crippen LogP contribution in [0, 0.1) is 17.1 Å². The molecule has 6 nitrogen and oxygen atoms in total. The molecular weight excluding hydrogens is 413 g/mol. The first-order valence-electron chi connectivity index (χ1n) is 10.9. The average molecular weight is 440 g/mol. The summed E-state index contributed by atoms with van der Waals surface area (Å²) in [5.41, 5.74) is 3.15. The van der Waals surface area contributed by atoms with E-state index in [1.54, 1.807) is 23.5 Å². The van der Waals surface area contributed by atoms with E-state index in [1.165, 1.54) is 29.1 Å². The number of likely N-dealkylation sites (tertiary alicyclic amines) is 1. The maximum absolute atomic E-state index is 13.5. The first-order chi connectivity index (χ1) is 15.0. The fourth-order valence-corrected chi connectivity index (χ4v) is 5.95. The molecule has 3 heterocycles. The summed E-state index contributed by atoms with van der Waals surface area (Å²) in [4.78, 5) is 22.1. The van der Waals surface area contributed by atoms with Gasteiger partial charge in [-0.25, -0.2) is 9.37 Å². The molecule has 2 N–H and O–H groups in total. The topological polar surface area (TPSA) is 73.5 Å². The molecule has 5 rings (SSSR count). The third kappa shape index (κ3) is 3.78. The van der Waals surface area contributed by atoms with E-state index in [4.69, 9.17) is 10.4 Å². The predicted octanol–water partition coefficient (Wildman–Crippen LogP) is 3.86. The second-order valence-electron chi connectivity index (χ2n) is 8.58. The lowest BCUT2D eigenvalue weighted by Crippen LogP contribution is -2.43. The molecule has 1 saturated heterocycles. The van der Waals surface area contributed by atoms with Gasteiger partial charge >= 0.3 is 0 Å². The van der Waals surface area contributed by atoms with E-state index in [0.29, 0.717) is 17.9 Å². The summed E-state index contributed by atoms with van der Waals surface area (Å²) >= 11 is 1.66. The van der Waals surface area contributed by atoms with Gasteiger partial charge in [0.2, 0.25) is 5.91 Å². The Morgan fingerprint density at radius 1 is 1.23 bits per heavy atom. The minimum absolute atomic E-state index is 0.0659. The second kappa shape index (κ2) is 8.16. The fraction of sp³-hybridized carbons (Fsp3) is 0.435. The van der Waals surface area contributed by atoms with Crippen LogP contribution in [0.25, 0.3) is 16.2 Å². The Kier molecular flexibility index (Phi) is 5.35. The van der Waals surface area contributed by atoms with Crippen LogP contribution in [0.4, 0.5) is 4.39 Å². The minimum Gasteiger partial charge on any atom is -0.309 e. The van der Waals surface area contributed by atoms with Gasteiger partial charge in [-0.3, -0.25) is 14.6 Å². The van der Waals surface area contributed by atoms with Gasteiger partial charge in [-0.05, 0) is 76.4 Å². The van der Waals surface area contributed by atoms with E-state index in [9.17, 15) is 9.18 Å². The maximum Gasteiger partial charge on any atom is 0.229 e. The van der Waals surface area contributed by atoms with Gasteiger partial charge in [0, 0.05) is 22.7 Å². The lowest BCUT2D eigenvalue weighted by molar-refractivity contribution is -0.125. The van der Waals surface area contributed by atoms with E-state index in [-0.39, 0.29) is 23.5 Å². The van der Waals surface area contributed by atoms with Crippen molar-refractivity contribution in [2.75, 3.05) is 20.1 Å². The van der Waals surface area contributed by atoms with Gasteiger partial charge in [0.1, 0.15) is 17.2 Å². The van der Waals surface area contributed by atoms with Crippen LogP contribution in [-0.2, 0) is 17.6 Å². The molecule has 1 aliphatic carbocycles. The Balaban J connectivity index is 1.55. The van der Waals surface area contributed by atoms with Crippen molar-refractivity contribution in [3.8, 4) is 11.3 Å². The van der Waals surface area contributed by atoms with Crippen molar-refractivity contribution in [1.82, 2.24) is 19.6 Å². The van der Waals surface area contributed by atoms with Crippen molar-refractivity contribution in [2.24, 2.45) is 5.92 Å². The van der Waals surface area contributed by atoms with Crippen LogP contribution >= 0.6 is 11.3 Å². The van der Waals surface area contributed by atoms with Gasteiger partial charge in [-0.2, -0.15) is 0 Å². The highest BCUT2D eigenvalue weighted by atomic mass is 32.1. The Bertz CT molecular complexity index is 1150. The van der Waals surface area contributed by atoms with Gasteiger partial charge in [-0.1, -0.05) is 0 Å². The largest absolute Gasteiger partial charge is 0.309 e. The molecule has 1 fully saturated rings. The molecule has 0 radical (unpaired) electrons. The molecule has 2 aromatic heterocycles. The Hall–Kier alpha value is -2.58. The highest BCUT2D eigenvalue weighted by Crippen LogP contribution is 2.35. The number of rotatable bonds is 3. The summed E-state index contributed by atoms with van der Waals surface area (Å²) in [6.07, 6.45) is 6.07. The van der Waals surface area contributed by atoms with E-state index in [0.717, 1.165) is 49.2 Å². The number of carbonyl (C=O) groups is 1. The summed E-state index contributed by atoms with van der Waals surface area (Å²) in [6.45, 7) is 1.71. The Labute approximate surface area is 184 Å². The molecule has 1 atom stereocenters. The number of thiazole rings is 1. The molecule has 0 spiro atoms. The summed E-state index contributed by atoms with van der Waals surface area (Å²) < 4.78 is 15.6. The second-order valence-corrected chi connectivity index (χ2v) is 9.64. The van der Waals surface area contributed by atoms with Crippen LogP contribution in [0.3, 0.4) is 0 Å². The quantitative estimate of drug-likeness (QED) is 0.481. The molecule has 3 aromatic rings. The number of fused-ring (bicyclic) bond motifs is 3. The number of aryl methyl sites for hydroxylation is 2. The molecule has 2 aliphatic rings. The molecule has 31 heavy (non-hydrogen) atoms. The summed E-state index contributed by atoms with van der Waals surface area (Å²) in [5, 5.41) is 11.7. The van der Waals surface area contributed by atoms with Crippen molar-refractivity contribution in [3.63, 3.8) is 0 Å². The van der Waals surface area contributed by atoms with Gasteiger partial charge in [0.25, 0.3) is 0 Å². The number of amides is 1. The van der Waals surface area contributed by atoms with Crippen molar-refractivity contribution in [2.45, 2.75) is 38.5 Å². The number of nitrogens with one attached hydrogen (secondary N) is 2. The SMILES string of the molecule is CN1CCCC(C(=O)NC(=N)c2c(-c3ccc(F)cc3)nc3sc4c(n23)CCCC4)C1. The lowest BCUT2D eigenvalue weighted by Gasteiger charge is -2.28. The maximum atomic E-state index is 13.5. The van der Waals surface area contributed by atoms with Crippen molar-refractivity contribution >= 4 is 28.0 Å². The number of aromatic nitrogens is 2. The van der Waals surface area contributed by atoms with Crippen LogP contribution in [-0.4, -0.2) is 46.2 Å². The zero-order chi connectivity index (χ0) is 21.5. The number of amidine groups is 1. The van der Waals surface area contributed by atoms with E-state index in [1.807, 2.05) is 11.4 Å². The molecule has 1 aromatic carbocycles. The number of piperidine rings is 1. The smallest absolute Gasteiger partial charge is 0.229 e. The zero-order valence-corrected chi connectivity index (χ0v) is 18.4. The van der Waals surface area contributed by atoms with Crippen LogP contribution < -0.4 is 5.32 Å². The molecule has 0 bridgehead atoms. The normalized spacial score (nSPS) is 19.4. The van der Waals surface area contributed by atoms with E-state index < -0.39 is 0 Å². The van der Waals surface area contributed by atoms with Crippen LogP contribution in [0.2, 0.25) is 0 Å². The Morgan fingerprint density at radius 3 is 2.77 bits per heavy atom. The summed E-state index contributed by atoms with van der Waals surface area (Å²) in [7, 11) is 2.02. The average Bonchev–Trinajstić information content (AvgIpc) is 3.30. The van der Waals surface area contributed by atoms with Crippen molar-refractivity contribution in [3.05, 3.63) is 46.3 Å². The van der Waals surface area contributed by atoms with Gasteiger partial charge in [-0.15, -0.1) is 11.3 Å². The molecular formula is C23H26FN5OS. The fourth-order valence-electron chi connectivity index (χ4n) is 4.74. The number of nitrogens with zero attached hydrogens (tertiary/aromatic N) is 3. The van der Waals surface area contributed by atoms with Gasteiger partial charge in [0.15, 0.2) is 10.8 Å². The summed E-state index contributed by atoms with van der Waals surface area (Å²) in [6, 6.07) is 6.18. The van der Waals surface area contributed by atoms with Gasteiger partial charge in [0.05, 0.1) is 5.92 Å². The molecule has 1 amide bonds. The highest BCUT2D eigenvalue weighted by molar-refractivity contribution is 7.17. The number of imidazole rings is 1. The molecule has 1 unspecified atom stereocenters. The van der Waals surface area contributed by atoms with E-state index >= 15 is 0 Å².